The normalized spacial score (nSPS) is 12.5. The van der Waals surface area contributed by atoms with Gasteiger partial charge in [0, 0.05) is 25.4 Å². The third-order valence-corrected chi connectivity index (χ3v) is 2.58. The maximum absolute atomic E-state index is 5.28. The molecular formula is C13H23N3O. The number of methoxy groups -OCH3 is 1. The number of ether oxygens (including phenoxy) is 1. The van der Waals surface area contributed by atoms with E-state index in [1.807, 2.05) is 13.0 Å². The van der Waals surface area contributed by atoms with Crippen LogP contribution < -0.4 is 5.32 Å². The molecule has 0 radical (unpaired) electrons. The van der Waals surface area contributed by atoms with Crippen molar-refractivity contribution >= 4 is 5.82 Å². The minimum Gasteiger partial charge on any atom is -0.374 e. The lowest BCUT2D eigenvalue weighted by molar-refractivity contribution is 0.112. The predicted molar refractivity (Wildman–Crippen MR) is 70.2 cm³/mol. The van der Waals surface area contributed by atoms with Crippen molar-refractivity contribution in [1.82, 2.24) is 9.97 Å². The molecule has 0 aliphatic rings. The quantitative estimate of drug-likeness (QED) is 0.792. The molecule has 1 N–H and O–H groups in total. The summed E-state index contributed by atoms with van der Waals surface area (Å²) < 4.78 is 5.28. The molecule has 0 aliphatic carbocycles. The lowest BCUT2D eigenvalue weighted by Crippen LogP contribution is -2.10. The monoisotopic (exact) mass is 237 g/mol. The third kappa shape index (κ3) is 4.30. The summed E-state index contributed by atoms with van der Waals surface area (Å²) >= 11 is 0. The Balaban J connectivity index is 2.91. The number of hydrogen-bond donors (Lipinski definition) is 1. The second kappa shape index (κ2) is 7.22. The van der Waals surface area contributed by atoms with Crippen molar-refractivity contribution in [2.75, 3.05) is 19.0 Å². The standard InChI is InChI=1S/C13H23N3O/c1-5-7-11-9-12(14-8-6-2)16-13(15-11)10(3)17-4/h9-10H,5-8H2,1-4H3,(H,14,15,16). The van der Waals surface area contributed by atoms with Crippen LogP contribution in [0.5, 0.6) is 0 Å². The van der Waals surface area contributed by atoms with Gasteiger partial charge in [-0.2, -0.15) is 0 Å². The van der Waals surface area contributed by atoms with Gasteiger partial charge in [0.2, 0.25) is 0 Å². The summed E-state index contributed by atoms with van der Waals surface area (Å²) in [5, 5.41) is 3.31. The van der Waals surface area contributed by atoms with Crippen LogP contribution in [0.3, 0.4) is 0 Å². The van der Waals surface area contributed by atoms with E-state index in [-0.39, 0.29) is 6.10 Å². The van der Waals surface area contributed by atoms with Crippen molar-refractivity contribution in [2.24, 2.45) is 0 Å². The van der Waals surface area contributed by atoms with Crippen LogP contribution in [0.1, 0.15) is 51.2 Å². The zero-order chi connectivity index (χ0) is 12.7. The van der Waals surface area contributed by atoms with Gasteiger partial charge in [-0.1, -0.05) is 20.3 Å². The smallest absolute Gasteiger partial charge is 0.159 e. The van der Waals surface area contributed by atoms with Crippen molar-refractivity contribution in [3.8, 4) is 0 Å². The van der Waals surface area contributed by atoms with Crippen LogP contribution in [0.4, 0.5) is 5.82 Å². The Morgan fingerprint density at radius 2 is 2.06 bits per heavy atom. The molecule has 17 heavy (non-hydrogen) atoms. The molecule has 0 spiro atoms. The van der Waals surface area contributed by atoms with Gasteiger partial charge < -0.3 is 10.1 Å². The zero-order valence-electron chi connectivity index (χ0n) is 11.3. The first-order chi connectivity index (χ1) is 8.21. The molecule has 1 unspecified atom stereocenters. The number of nitrogens with one attached hydrogen (secondary N) is 1. The molecule has 1 rings (SSSR count). The summed E-state index contributed by atoms with van der Waals surface area (Å²) in [4.78, 5) is 9.00. The van der Waals surface area contributed by atoms with E-state index in [1.54, 1.807) is 7.11 Å². The molecule has 0 fully saturated rings. The molecule has 0 bridgehead atoms. The highest BCUT2D eigenvalue weighted by atomic mass is 16.5. The van der Waals surface area contributed by atoms with Gasteiger partial charge >= 0.3 is 0 Å². The summed E-state index contributed by atoms with van der Waals surface area (Å²) in [5.74, 6) is 1.67. The lowest BCUT2D eigenvalue weighted by Gasteiger charge is -2.12. The molecular weight excluding hydrogens is 214 g/mol. The van der Waals surface area contributed by atoms with E-state index in [9.17, 15) is 0 Å². The fraction of sp³-hybridized carbons (Fsp3) is 0.692. The molecule has 0 saturated carbocycles. The Kier molecular flexibility index (Phi) is 5.91. The summed E-state index contributed by atoms with van der Waals surface area (Å²) in [7, 11) is 1.68. The first-order valence-electron chi connectivity index (χ1n) is 6.35. The van der Waals surface area contributed by atoms with Gasteiger partial charge in [-0.3, -0.25) is 0 Å². The lowest BCUT2D eigenvalue weighted by atomic mass is 10.2. The maximum Gasteiger partial charge on any atom is 0.159 e. The second-order valence-corrected chi connectivity index (χ2v) is 4.16. The number of nitrogens with zero attached hydrogens (tertiary/aromatic N) is 2. The van der Waals surface area contributed by atoms with E-state index in [2.05, 4.69) is 29.1 Å². The highest BCUT2D eigenvalue weighted by Crippen LogP contribution is 2.16. The van der Waals surface area contributed by atoms with E-state index >= 15 is 0 Å². The van der Waals surface area contributed by atoms with Gasteiger partial charge in [0.1, 0.15) is 11.9 Å². The van der Waals surface area contributed by atoms with Crippen molar-refractivity contribution in [3.05, 3.63) is 17.6 Å². The van der Waals surface area contributed by atoms with E-state index in [0.29, 0.717) is 0 Å². The predicted octanol–water partition coefficient (Wildman–Crippen LogP) is 2.96. The summed E-state index contributed by atoms with van der Waals surface area (Å²) in [6.45, 7) is 7.19. The Morgan fingerprint density at radius 3 is 2.65 bits per heavy atom. The van der Waals surface area contributed by atoms with Gasteiger partial charge in [0.25, 0.3) is 0 Å². The van der Waals surface area contributed by atoms with Crippen LogP contribution in [-0.2, 0) is 11.2 Å². The SMILES string of the molecule is CCCNc1cc(CCC)nc(C(C)OC)n1. The molecule has 0 amide bonds. The molecule has 1 heterocycles. The van der Waals surface area contributed by atoms with E-state index in [1.165, 1.54) is 0 Å². The van der Waals surface area contributed by atoms with Crippen LogP contribution in [0.25, 0.3) is 0 Å². The highest BCUT2D eigenvalue weighted by Gasteiger charge is 2.10. The van der Waals surface area contributed by atoms with Crippen molar-refractivity contribution in [1.29, 1.82) is 0 Å². The van der Waals surface area contributed by atoms with Crippen LogP contribution in [0.15, 0.2) is 6.07 Å². The Bertz CT molecular complexity index is 341. The minimum absolute atomic E-state index is 0.0611. The average Bonchev–Trinajstić information content (AvgIpc) is 2.35. The second-order valence-electron chi connectivity index (χ2n) is 4.16. The fourth-order valence-electron chi connectivity index (χ4n) is 1.53. The minimum atomic E-state index is -0.0611. The third-order valence-electron chi connectivity index (χ3n) is 2.58. The van der Waals surface area contributed by atoms with Crippen molar-refractivity contribution in [2.45, 2.75) is 46.1 Å². The van der Waals surface area contributed by atoms with Gasteiger partial charge in [-0.25, -0.2) is 9.97 Å². The molecule has 1 aromatic rings. The highest BCUT2D eigenvalue weighted by molar-refractivity contribution is 5.36. The number of hydrogen-bond acceptors (Lipinski definition) is 4. The Hall–Kier alpha value is -1.16. The Labute approximate surface area is 104 Å². The molecule has 0 saturated heterocycles. The maximum atomic E-state index is 5.28. The average molecular weight is 237 g/mol. The molecule has 1 atom stereocenters. The van der Waals surface area contributed by atoms with Crippen LogP contribution >= 0.6 is 0 Å². The van der Waals surface area contributed by atoms with Crippen molar-refractivity contribution < 1.29 is 4.74 Å². The molecule has 4 nitrogen and oxygen atoms in total. The Morgan fingerprint density at radius 1 is 1.29 bits per heavy atom. The van der Waals surface area contributed by atoms with Crippen LogP contribution in [-0.4, -0.2) is 23.6 Å². The van der Waals surface area contributed by atoms with E-state index in [0.717, 1.165) is 43.1 Å². The molecule has 96 valence electrons. The molecule has 1 aromatic heterocycles. The fourth-order valence-corrected chi connectivity index (χ4v) is 1.53. The number of aromatic nitrogens is 2. The first kappa shape index (κ1) is 13.9. The van der Waals surface area contributed by atoms with Crippen LogP contribution in [0, 0.1) is 0 Å². The van der Waals surface area contributed by atoms with Gasteiger partial charge in [0.05, 0.1) is 0 Å². The first-order valence-corrected chi connectivity index (χ1v) is 6.35. The van der Waals surface area contributed by atoms with E-state index < -0.39 is 0 Å². The number of rotatable bonds is 7. The zero-order valence-corrected chi connectivity index (χ0v) is 11.3. The van der Waals surface area contributed by atoms with Gasteiger partial charge in [-0.15, -0.1) is 0 Å². The number of anilines is 1. The number of aryl methyl sites for hydroxylation is 1. The largest absolute Gasteiger partial charge is 0.374 e. The molecule has 0 aliphatic heterocycles. The topological polar surface area (TPSA) is 47.0 Å². The van der Waals surface area contributed by atoms with Gasteiger partial charge in [0.15, 0.2) is 5.82 Å². The summed E-state index contributed by atoms with van der Waals surface area (Å²) in [6.07, 6.45) is 3.09. The molecule has 0 aromatic carbocycles. The van der Waals surface area contributed by atoms with Crippen molar-refractivity contribution in [3.63, 3.8) is 0 Å². The summed E-state index contributed by atoms with van der Waals surface area (Å²) in [5.41, 5.74) is 1.08. The molecule has 4 heteroatoms. The van der Waals surface area contributed by atoms with Crippen LogP contribution in [0.2, 0.25) is 0 Å². The summed E-state index contributed by atoms with van der Waals surface area (Å²) in [6, 6.07) is 2.03. The van der Waals surface area contributed by atoms with E-state index in [4.69, 9.17) is 4.74 Å². The van der Waals surface area contributed by atoms with Gasteiger partial charge in [-0.05, 0) is 19.8 Å².